The van der Waals surface area contributed by atoms with E-state index in [1.807, 2.05) is 0 Å². The molecular formula is C7H11BBrF4NS. The SMILES string of the molecule is CC[n+]1c(Br)sc(C)c1C.F[B-](F)(F)F. The van der Waals surface area contributed by atoms with E-state index < -0.39 is 7.25 Å². The average Bonchev–Trinajstić information content (AvgIpc) is 2.23. The lowest BCUT2D eigenvalue weighted by Crippen LogP contribution is -2.34. The molecule has 1 aromatic heterocycles. The Morgan fingerprint density at radius 1 is 1.27 bits per heavy atom. The molecule has 1 aromatic rings. The van der Waals surface area contributed by atoms with Gasteiger partial charge in [0.25, 0.3) is 0 Å². The molecule has 0 N–H and O–H groups in total. The number of aromatic nitrogens is 1. The van der Waals surface area contributed by atoms with Gasteiger partial charge in [0.05, 0.1) is 4.88 Å². The second-order valence-corrected chi connectivity index (χ2v) is 5.21. The molecule has 0 fully saturated rings. The molecule has 0 aliphatic heterocycles. The van der Waals surface area contributed by atoms with Crippen LogP contribution in [0.1, 0.15) is 17.5 Å². The van der Waals surface area contributed by atoms with E-state index in [0.29, 0.717) is 0 Å². The number of rotatable bonds is 1. The molecular weight excluding hydrogens is 297 g/mol. The van der Waals surface area contributed by atoms with Gasteiger partial charge in [-0.15, -0.1) is 0 Å². The van der Waals surface area contributed by atoms with Crippen LogP contribution in [0.15, 0.2) is 3.92 Å². The zero-order valence-electron chi connectivity index (χ0n) is 8.53. The molecule has 0 amide bonds. The Hall–Kier alpha value is -0.105. The van der Waals surface area contributed by atoms with Gasteiger partial charge in [0.1, 0.15) is 6.54 Å². The molecule has 8 heteroatoms. The lowest BCUT2D eigenvalue weighted by molar-refractivity contribution is -0.704. The van der Waals surface area contributed by atoms with Gasteiger partial charge in [0.2, 0.25) is 0 Å². The number of aryl methyl sites for hydroxylation is 1. The molecule has 0 aromatic carbocycles. The molecule has 0 radical (unpaired) electrons. The van der Waals surface area contributed by atoms with Crippen molar-refractivity contribution in [2.75, 3.05) is 0 Å². The highest BCUT2D eigenvalue weighted by Gasteiger charge is 2.20. The van der Waals surface area contributed by atoms with Crippen LogP contribution in [-0.2, 0) is 6.54 Å². The highest BCUT2D eigenvalue weighted by molar-refractivity contribution is 9.11. The molecule has 15 heavy (non-hydrogen) atoms. The smallest absolute Gasteiger partial charge is 0.418 e. The molecule has 0 saturated carbocycles. The molecule has 0 unspecified atom stereocenters. The predicted octanol–water partition coefficient (Wildman–Crippen LogP) is 3.73. The second kappa shape index (κ2) is 5.84. The summed E-state index contributed by atoms with van der Waals surface area (Å²) >= 11 is 5.31. The topological polar surface area (TPSA) is 3.88 Å². The highest BCUT2D eigenvalue weighted by atomic mass is 79.9. The average molecular weight is 308 g/mol. The van der Waals surface area contributed by atoms with Crippen molar-refractivity contribution >= 4 is 34.5 Å². The van der Waals surface area contributed by atoms with Gasteiger partial charge in [0, 0.05) is 22.9 Å². The van der Waals surface area contributed by atoms with E-state index in [2.05, 4.69) is 41.3 Å². The molecule has 1 heterocycles. The van der Waals surface area contributed by atoms with Crippen LogP contribution in [0.25, 0.3) is 0 Å². The molecule has 0 bridgehead atoms. The first-order valence-corrected chi connectivity index (χ1v) is 5.80. The monoisotopic (exact) mass is 307 g/mol. The minimum atomic E-state index is -6.00. The van der Waals surface area contributed by atoms with E-state index in [-0.39, 0.29) is 0 Å². The standard InChI is InChI=1S/C7H11BrNS.BF4/c1-4-9-5(2)6(3)10-7(9)8;2-1(3,4)5/h4H2,1-3H3;/q+1;-1. The van der Waals surface area contributed by atoms with Crippen LogP contribution >= 0.6 is 27.3 Å². The predicted molar refractivity (Wildman–Crippen MR) is 57.5 cm³/mol. The minimum Gasteiger partial charge on any atom is -0.418 e. The molecule has 0 atom stereocenters. The van der Waals surface area contributed by atoms with Gasteiger partial charge in [-0.1, -0.05) is 11.3 Å². The third kappa shape index (κ3) is 6.14. The lowest BCUT2D eigenvalue weighted by atomic mass is 10.3. The first-order valence-electron chi connectivity index (χ1n) is 4.19. The fraction of sp³-hybridized carbons (Fsp3) is 0.571. The van der Waals surface area contributed by atoms with Crippen molar-refractivity contribution in [2.45, 2.75) is 27.3 Å². The van der Waals surface area contributed by atoms with E-state index in [1.165, 1.54) is 14.5 Å². The van der Waals surface area contributed by atoms with Crippen molar-refractivity contribution in [3.63, 3.8) is 0 Å². The Morgan fingerprint density at radius 3 is 1.80 bits per heavy atom. The van der Waals surface area contributed by atoms with Gasteiger partial charge in [-0.25, -0.2) is 0 Å². The summed E-state index contributed by atoms with van der Waals surface area (Å²) in [6, 6.07) is 0. The summed E-state index contributed by atoms with van der Waals surface area (Å²) in [5.41, 5.74) is 1.37. The van der Waals surface area contributed by atoms with E-state index in [0.717, 1.165) is 6.54 Å². The van der Waals surface area contributed by atoms with Crippen molar-refractivity contribution in [3.05, 3.63) is 14.5 Å². The summed E-state index contributed by atoms with van der Waals surface area (Å²) in [5, 5.41) is 0. The Kier molecular flexibility index (Phi) is 5.80. The van der Waals surface area contributed by atoms with Crippen molar-refractivity contribution in [1.82, 2.24) is 0 Å². The largest absolute Gasteiger partial charge is 0.673 e. The first-order chi connectivity index (χ1) is 6.66. The zero-order chi connectivity index (χ0) is 12.2. The van der Waals surface area contributed by atoms with Crippen LogP contribution in [0.2, 0.25) is 0 Å². The maximum absolute atomic E-state index is 9.75. The number of halogens is 5. The molecule has 0 saturated heterocycles. The van der Waals surface area contributed by atoms with Gasteiger partial charge in [0.15, 0.2) is 5.69 Å². The molecule has 0 aliphatic carbocycles. The fourth-order valence-corrected chi connectivity index (χ4v) is 3.07. The van der Waals surface area contributed by atoms with E-state index in [1.54, 1.807) is 11.3 Å². The van der Waals surface area contributed by atoms with E-state index in [9.17, 15) is 17.3 Å². The Balaban J connectivity index is 0.000000336. The Bertz CT molecular complexity index is 320. The fourth-order valence-electron chi connectivity index (χ4n) is 0.939. The van der Waals surface area contributed by atoms with Crippen LogP contribution in [0.3, 0.4) is 0 Å². The van der Waals surface area contributed by atoms with Crippen LogP contribution < -0.4 is 4.57 Å². The van der Waals surface area contributed by atoms with Gasteiger partial charge in [-0.2, -0.15) is 4.57 Å². The third-order valence-electron chi connectivity index (χ3n) is 1.68. The van der Waals surface area contributed by atoms with Crippen molar-refractivity contribution < 1.29 is 21.8 Å². The quantitative estimate of drug-likeness (QED) is 0.423. The summed E-state index contributed by atoms with van der Waals surface area (Å²) in [6.45, 7) is 7.51. The van der Waals surface area contributed by atoms with Gasteiger partial charge in [-0.05, 0) is 13.8 Å². The summed E-state index contributed by atoms with van der Waals surface area (Å²) in [4.78, 5) is 1.40. The van der Waals surface area contributed by atoms with Crippen molar-refractivity contribution in [1.29, 1.82) is 0 Å². The maximum atomic E-state index is 9.75. The molecule has 1 nitrogen and oxygen atoms in total. The normalized spacial score (nSPS) is 10.9. The van der Waals surface area contributed by atoms with Gasteiger partial charge in [-0.3, -0.25) is 0 Å². The number of thiazole rings is 1. The molecule has 0 spiro atoms. The van der Waals surface area contributed by atoms with Gasteiger partial charge < -0.3 is 17.3 Å². The van der Waals surface area contributed by atoms with Crippen LogP contribution in [0, 0.1) is 13.8 Å². The summed E-state index contributed by atoms with van der Waals surface area (Å²) < 4.78 is 42.5. The second-order valence-electron chi connectivity index (χ2n) is 2.74. The lowest BCUT2D eigenvalue weighted by Gasteiger charge is -1.94. The van der Waals surface area contributed by atoms with Crippen LogP contribution in [0.4, 0.5) is 17.3 Å². The van der Waals surface area contributed by atoms with Crippen molar-refractivity contribution in [3.8, 4) is 0 Å². The summed E-state index contributed by atoms with van der Waals surface area (Å²) in [5.74, 6) is 0. The Morgan fingerprint density at radius 2 is 1.67 bits per heavy atom. The van der Waals surface area contributed by atoms with Crippen LogP contribution in [-0.4, -0.2) is 7.25 Å². The molecule has 0 aliphatic rings. The number of nitrogens with zero attached hydrogens (tertiary/aromatic N) is 1. The van der Waals surface area contributed by atoms with Crippen molar-refractivity contribution in [2.24, 2.45) is 0 Å². The number of hydrogen-bond acceptors (Lipinski definition) is 1. The summed E-state index contributed by atoms with van der Waals surface area (Å²) in [7, 11) is -6.00. The minimum absolute atomic E-state index is 1.05. The van der Waals surface area contributed by atoms with E-state index >= 15 is 0 Å². The molecule has 1 rings (SSSR count). The van der Waals surface area contributed by atoms with Crippen LogP contribution in [0.5, 0.6) is 0 Å². The molecule has 88 valence electrons. The Labute approximate surface area is 98.4 Å². The number of hydrogen-bond donors (Lipinski definition) is 0. The zero-order valence-corrected chi connectivity index (χ0v) is 10.9. The summed E-state index contributed by atoms with van der Waals surface area (Å²) in [6.07, 6.45) is 0. The maximum Gasteiger partial charge on any atom is 0.673 e. The van der Waals surface area contributed by atoms with Gasteiger partial charge >= 0.3 is 11.2 Å². The highest BCUT2D eigenvalue weighted by Crippen LogP contribution is 2.19. The van der Waals surface area contributed by atoms with E-state index in [4.69, 9.17) is 0 Å². The third-order valence-corrected chi connectivity index (χ3v) is 3.58. The first kappa shape index (κ1) is 14.9.